The molecule has 4 aromatic rings. The molecule has 0 unspecified atom stereocenters. The Hall–Kier alpha value is -3.26. The predicted octanol–water partition coefficient (Wildman–Crippen LogP) is 3.66. The molecule has 0 radical (unpaired) electrons. The van der Waals surface area contributed by atoms with E-state index < -0.39 is 5.91 Å². The number of benzene rings is 1. The summed E-state index contributed by atoms with van der Waals surface area (Å²) in [6.07, 6.45) is 5.19. The van der Waals surface area contributed by atoms with E-state index in [1.54, 1.807) is 23.1 Å². The first-order chi connectivity index (χ1) is 13.8. The van der Waals surface area contributed by atoms with Gasteiger partial charge in [0, 0.05) is 34.9 Å². The van der Waals surface area contributed by atoms with Crippen molar-refractivity contribution in [2.45, 2.75) is 32.7 Å². The molecule has 0 atom stereocenters. The van der Waals surface area contributed by atoms with E-state index in [9.17, 15) is 4.79 Å². The van der Waals surface area contributed by atoms with Gasteiger partial charge in [-0.2, -0.15) is 10.1 Å². The first-order valence-corrected chi connectivity index (χ1v) is 9.40. The molecule has 1 N–H and O–H groups in total. The van der Waals surface area contributed by atoms with Crippen LogP contribution in [0, 0.1) is 0 Å². The highest BCUT2D eigenvalue weighted by Gasteiger charge is 2.24. The molecule has 3 aromatic heterocycles. The molecular formula is C20H19ClN6O2. The highest BCUT2D eigenvalue weighted by atomic mass is 35.5. The zero-order valence-corrected chi connectivity index (χ0v) is 16.9. The zero-order chi connectivity index (χ0) is 20.6. The van der Waals surface area contributed by atoms with E-state index in [-0.39, 0.29) is 17.8 Å². The standard InChI is InChI=1S/C20H19ClN6O2/c1-20(2,3)19-25-17(26-29-19)18(28)23-11-13-5-4-12(10-14(13)21)16-15-6-7-24-27(15)9-8-22-16/h4-10H,11H2,1-3H3,(H,23,28). The molecule has 0 aliphatic heterocycles. The van der Waals surface area contributed by atoms with Crippen molar-refractivity contribution in [1.82, 2.24) is 30.1 Å². The van der Waals surface area contributed by atoms with Crippen LogP contribution in [0.4, 0.5) is 0 Å². The molecule has 29 heavy (non-hydrogen) atoms. The maximum atomic E-state index is 12.3. The Morgan fingerprint density at radius 3 is 2.79 bits per heavy atom. The first-order valence-electron chi connectivity index (χ1n) is 9.02. The monoisotopic (exact) mass is 410 g/mol. The van der Waals surface area contributed by atoms with Gasteiger partial charge >= 0.3 is 0 Å². The van der Waals surface area contributed by atoms with Gasteiger partial charge in [0.15, 0.2) is 0 Å². The van der Waals surface area contributed by atoms with Crippen molar-refractivity contribution in [3.63, 3.8) is 0 Å². The molecule has 0 aliphatic rings. The average molecular weight is 411 g/mol. The molecule has 0 spiro atoms. The van der Waals surface area contributed by atoms with Gasteiger partial charge in [-0.05, 0) is 17.7 Å². The zero-order valence-electron chi connectivity index (χ0n) is 16.2. The Balaban J connectivity index is 1.50. The number of carbonyl (C=O) groups is 1. The van der Waals surface area contributed by atoms with E-state index in [4.69, 9.17) is 16.1 Å². The fraction of sp³-hybridized carbons (Fsp3) is 0.250. The first kappa shape index (κ1) is 19.1. The number of fused-ring (bicyclic) bond motifs is 1. The summed E-state index contributed by atoms with van der Waals surface area (Å²) in [7, 11) is 0. The smallest absolute Gasteiger partial charge is 0.292 e. The van der Waals surface area contributed by atoms with Crippen LogP contribution in [0.1, 0.15) is 42.8 Å². The van der Waals surface area contributed by atoms with Crippen LogP contribution in [0.5, 0.6) is 0 Å². The van der Waals surface area contributed by atoms with E-state index in [1.165, 1.54) is 0 Å². The van der Waals surface area contributed by atoms with Crippen LogP contribution in [0.25, 0.3) is 16.8 Å². The summed E-state index contributed by atoms with van der Waals surface area (Å²) in [6.45, 7) is 6.04. The number of aromatic nitrogens is 5. The number of amides is 1. The summed E-state index contributed by atoms with van der Waals surface area (Å²) >= 11 is 6.45. The van der Waals surface area contributed by atoms with Crippen LogP contribution in [0.15, 0.2) is 47.4 Å². The van der Waals surface area contributed by atoms with Gasteiger partial charge in [0.25, 0.3) is 11.7 Å². The van der Waals surface area contributed by atoms with Gasteiger partial charge in [0.05, 0.1) is 17.4 Å². The quantitative estimate of drug-likeness (QED) is 0.551. The lowest BCUT2D eigenvalue weighted by Gasteiger charge is -2.10. The second-order valence-electron chi connectivity index (χ2n) is 7.60. The van der Waals surface area contributed by atoms with Crippen molar-refractivity contribution in [1.29, 1.82) is 0 Å². The van der Waals surface area contributed by atoms with Crippen LogP contribution >= 0.6 is 11.6 Å². The van der Waals surface area contributed by atoms with Gasteiger partial charge in [-0.25, -0.2) is 4.52 Å². The maximum Gasteiger partial charge on any atom is 0.292 e. The fourth-order valence-electron chi connectivity index (χ4n) is 2.79. The molecular weight excluding hydrogens is 392 g/mol. The minimum Gasteiger partial charge on any atom is -0.345 e. The summed E-state index contributed by atoms with van der Waals surface area (Å²) in [6, 6.07) is 7.48. The fourth-order valence-corrected chi connectivity index (χ4v) is 3.04. The number of hydrogen-bond donors (Lipinski definition) is 1. The van der Waals surface area contributed by atoms with Crippen LogP contribution in [-0.4, -0.2) is 30.6 Å². The van der Waals surface area contributed by atoms with E-state index >= 15 is 0 Å². The van der Waals surface area contributed by atoms with Gasteiger partial charge in [0.1, 0.15) is 0 Å². The normalized spacial score (nSPS) is 11.7. The van der Waals surface area contributed by atoms with Gasteiger partial charge in [-0.3, -0.25) is 9.78 Å². The van der Waals surface area contributed by atoms with Gasteiger partial charge in [-0.1, -0.05) is 49.7 Å². The maximum absolute atomic E-state index is 12.3. The van der Waals surface area contributed by atoms with Crippen LogP contribution in [-0.2, 0) is 12.0 Å². The Labute approximate surface area is 171 Å². The lowest BCUT2D eigenvalue weighted by molar-refractivity contribution is 0.0937. The number of carbonyl (C=O) groups excluding carboxylic acids is 1. The Bertz CT molecular complexity index is 1190. The van der Waals surface area contributed by atoms with Crippen molar-refractivity contribution < 1.29 is 9.32 Å². The third-order valence-electron chi connectivity index (χ3n) is 4.36. The molecule has 0 bridgehead atoms. The van der Waals surface area contributed by atoms with Crippen LogP contribution in [0.2, 0.25) is 5.02 Å². The van der Waals surface area contributed by atoms with Gasteiger partial charge < -0.3 is 9.84 Å². The van der Waals surface area contributed by atoms with Gasteiger partial charge in [-0.15, -0.1) is 0 Å². The number of rotatable bonds is 4. The van der Waals surface area contributed by atoms with Crippen molar-refractivity contribution in [2.24, 2.45) is 0 Å². The highest BCUT2D eigenvalue weighted by Crippen LogP contribution is 2.27. The topological polar surface area (TPSA) is 98.2 Å². The summed E-state index contributed by atoms with van der Waals surface area (Å²) < 4.78 is 6.91. The third-order valence-corrected chi connectivity index (χ3v) is 4.71. The number of hydrogen-bond acceptors (Lipinski definition) is 6. The van der Waals surface area contributed by atoms with Crippen molar-refractivity contribution in [3.8, 4) is 11.3 Å². The lowest BCUT2D eigenvalue weighted by Crippen LogP contribution is -2.24. The van der Waals surface area contributed by atoms with E-state index in [0.717, 1.165) is 22.3 Å². The Kier molecular flexibility index (Phi) is 4.79. The summed E-state index contributed by atoms with van der Waals surface area (Å²) in [5, 5.41) is 11.3. The second-order valence-corrected chi connectivity index (χ2v) is 8.01. The minimum atomic E-state index is -0.421. The third kappa shape index (κ3) is 3.84. The number of nitrogens with zero attached hydrogens (tertiary/aromatic N) is 5. The average Bonchev–Trinajstić information content (AvgIpc) is 3.35. The second kappa shape index (κ2) is 7.29. The molecule has 1 amide bonds. The Morgan fingerprint density at radius 1 is 1.24 bits per heavy atom. The SMILES string of the molecule is CC(C)(C)c1nc(C(=O)NCc2ccc(-c3nccn4nccc34)cc2Cl)no1. The van der Waals surface area contributed by atoms with Crippen molar-refractivity contribution in [3.05, 3.63) is 65.2 Å². The molecule has 0 fully saturated rings. The van der Waals surface area contributed by atoms with Crippen molar-refractivity contribution in [2.75, 3.05) is 0 Å². The van der Waals surface area contributed by atoms with Crippen LogP contribution in [0.3, 0.4) is 0 Å². The largest absolute Gasteiger partial charge is 0.345 e. The molecule has 148 valence electrons. The molecule has 1 aromatic carbocycles. The molecule has 0 aliphatic carbocycles. The van der Waals surface area contributed by atoms with Crippen molar-refractivity contribution >= 4 is 23.0 Å². The van der Waals surface area contributed by atoms with Crippen LogP contribution < -0.4 is 5.32 Å². The highest BCUT2D eigenvalue weighted by molar-refractivity contribution is 6.31. The summed E-state index contributed by atoms with van der Waals surface area (Å²) in [4.78, 5) is 20.9. The number of halogens is 1. The molecule has 3 heterocycles. The molecule has 0 saturated carbocycles. The summed E-state index contributed by atoms with van der Waals surface area (Å²) in [5.74, 6) is -0.0130. The van der Waals surface area contributed by atoms with Gasteiger partial charge in [0.2, 0.25) is 5.89 Å². The summed E-state index contributed by atoms with van der Waals surface area (Å²) in [5.41, 5.74) is 2.98. The molecule has 8 nitrogen and oxygen atoms in total. The molecule has 9 heteroatoms. The number of nitrogens with one attached hydrogen (secondary N) is 1. The lowest BCUT2D eigenvalue weighted by atomic mass is 9.97. The van der Waals surface area contributed by atoms with E-state index in [2.05, 4.69) is 25.5 Å². The van der Waals surface area contributed by atoms with E-state index in [1.807, 2.05) is 45.0 Å². The predicted molar refractivity (Wildman–Crippen MR) is 108 cm³/mol. The van der Waals surface area contributed by atoms with E-state index in [0.29, 0.717) is 10.9 Å². The Morgan fingerprint density at radius 2 is 2.07 bits per heavy atom. The molecule has 0 saturated heterocycles. The molecule has 4 rings (SSSR count). The minimum absolute atomic E-state index is 0.000669.